The molecule has 17 heavy (non-hydrogen) atoms. The first-order valence-corrected chi connectivity index (χ1v) is 5.84. The van der Waals surface area contributed by atoms with Gasteiger partial charge in [0.05, 0.1) is 5.60 Å². The average molecular weight is 244 g/mol. The van der Waals surface area contributed by atoms with Gasteiger partial charge in [0.1, 0.15) is 0 Å². The molecular formula is C13H15F3O. The summed E-state index contributed by atoms with van der Waals surface area (Å²) < 4.78 is 39.6. The molecule has 0 aromatic heterocycles. The zero-order chi connectivity index (χ0) is 12.6. The Morgan fingerprint density at radius 3 is 2.59 bits per heavy atom. The Balaban J connectivity index is 2.38. The Bertz CT molecular complexity index is 433. The van der Waals surface area contributed by atoms with Gasteiger partial charge in [-0.25, -0.2) is 13.2 Å². The van der Waals surface area contributed by atoms with Crippen LogP contribution in [0.25, 0.3) is 0 Å². The largest absolute Gasteiger partial charge is 0.385 e. The number of benzene rings is 1. The Labute approximate surface area is 98.3 Å². The van der Waals surface area contributed by atoms with Crippen LogP contribution < -0.4 is 0 Å². The van der Waals surface area contributed by atoms with Crippen molar-refractivity contribution in [3.8, 4) is 0 Å². The molecular weight excluding hydrogens is 229 g/mol. The molecule has 0 saturated heterocycles. The summed E-state index contributed by atoms with van der Waals surface area (Å²) >= 11 is 0. The van der Waals surface area contributed by atoms with Crippen LogP contribution in [0.4, 0.5) is 13.2 Å². The van der Waals surface area contributed by atoms with Crippen LogP contribution in [0.2, 0.25) is 0 Å². The van der Waals surface area contributed by atoms with E-state index < -0.39 is 23.1 Å². The molecule has 1 saturated carbocycles. The third kappa shape index (κ3) is 2.06. The summed E-state index contributed by atoms with van der Waals surface area (Å²) in [5.41, 5.74) is -1.47. The Morgan fingerprint density at radius 2 is 2.00 bits per heavy atom. The summed E-state index contributed by atoms with van der Waals surface area (Å²) in [6.45, 7) is 2.00. The third-order valence-corrected chi connectivity index (χ3v) is 3.71. The maximum absolute atomic E-state index is 13.6. The van der Waals surface area contributed by atoms with Crippen molar-refractivity contribution in [1.29, 1.82) is 0 Å². The van der Waals surface area contributed by atoms with Crippen molar-refractivity contribution in [2.45, 2.75) is 38.2 Å². The van der Waals surface area contributed by atoms with Gasteiger partial charge in [-0.3, -0.25) is 0 Å². The Hall–Kier alpha value is -1.03. The fourth-order valence-corrected chi connectivity index (χ4v) is 2.60. The number of hydrogen-bond donors (Lipinski definition) is 1. The summed E-state index contributed by atoms with van der Waals surface area (Å²) in [7, 11) is 0. The van der Waals surface area contributed by atoms with Crippen molar-refractivity contribution in [1.82, 2.24) is 0 Å². The standard InChI is InChI=1S/C13H15F3O/c1-2-8-5-6-13(17,7-8)9-3-4-10(14)12(16)11(9)15/h3-4,8,17H,2,5-7H2,1H3. The quantitative estimate of drug-likeness (QED) is 0.789. The molecule has 2 unspecified atom stereocenters. The summed E-state index contributed by atoms with van der Waals surface area (Å²) in [5, 5.41) is 10.3. The molecule has 0 amide bonds. The van der Waals surface area contributed by atoms with Crippen molar-refractivity contribution in [3.63, 3.8) is 0 Å². The monoisotopic (exact) mass is 244 g/mol. The van der Waals surface area contributed by atoms with Gasteiger partial charge in [-0.1, -0.05) is 19.4 Å². The van der Waals surface area contributed by atoms with Crippen LogP contribution in [0.5, 0.6) is 0 Å². The highest BCUT2D eigenvalue weighted by Gasteiger charge is 2.40. The minimum atomic E-state index is -1.50. The van der Waals surface area contributed by atoms with E-state index in [1.165, 1.54) is 0 Å². The van der Waals surface area contributed by atoms with Crippen LogP contribution in [-0.4, -0.2) is 5.11 Å². The second-order valence-corrected chi connectivity index (χ2v) is 4.77. The molecule has 0 heterocycles. The topological polar surface area (TPSA) is 20.2 Å². The smallest absolute Gasteiger partial charge is 0.194 e. The fourth-order valence-electron chi connectivity index (χ4n) is 2.60. The molecule has 1 fully saturated rings. The minimum absolute atomic E-state index is 0.118. The maximum atomic E-state index is 13.6. The zero-order valence-electron chi connectivity index (χ0n) is 9.64. The van der Waals surface area contributed by atoms with E-state index in [4.69, 9.17) is 0 Å². The van der Waals surface area contributed by atoms with Crippen molar-refractivity contribution < 1.29 is 18.3 Å². The van der Waals surface area contributed by atoms with Gasteiger partial charge in [0.15, 0.2) is 17.5 Å². The molecule has 94 valence electrons. The van der Waals surface area contributed by atoms with Crippen molar-refractivity contribution >= 4 is 0 Å². The highest BCUT2D eigenvalue weighted by Crippen LogP contribution is 2.44. The molecule has 1 aromatic rings. The average Bonchev–Trinajstić information content (AvgIpc) is 2.69. The maximum Gasteiger partial charge on any atom is 0.194 e. The van der Waals surface area contributed by atoms with Crippen LogP contribution in [0.15, 0.2) is 12.1 Å². The minimum Gasteiger partial charge on any atom is -0.385 e. The number of rotatable bonds is 2. The number of halogens is 3. The van der Waals surface area contributed by atoms with Gasteiger partial charge in [0.2, 0.25) is 0 Å². The van der Waals surface area contributed by atoms with Crippen LogP contribution in [0.3, 0.4) is 0 Å². The van der Waals surface area contributed by atoms with E-state index in [9.17, 15) is 18.3 Å². The molecule has 4 heteroatoms. The van der Waals surface area contributed by atoms with Gasteiger partial charge in [0.25, 0.3) is 0 Å². The van der Waals surface area contributed by atoms with Gasteiger partial charge < -0.3 is 5.11 Å². The van der Waals surface area contributed by atoms with Crippen LogP contribution in [0.1, 0.15) is 38.2 Å². The summed E-state index contributed by atoms with van der Waals surface area (Å²) in [6.07, 6.45) is 2.48. The van der Waals surface area contributed by atoms with E-state index in [-0.39, 0.29) is 5.56 Å². The molecule has 1 nitrogen and oxygen atoms in total. The van der Waals surface area contributed by atoms with Crippen LogP contribution in [-0.2, 0) is 5.60 Å². The first-order valence-electron chi connectivity index (χ1n) is 5.84. The van der Waals surface area contributed by atoms with E-state index in [1.54, 1.807) is 0 Å². The molecule has 0 bridgehead atoms. The van der Waals surface area contributed by atoms with Crippen LogP contribution in [0, 0.1) is 23.4 Å². The highest BCUT2D eigenvalue weighted by atomic mass is 19.2. The Morgan fingerprint density at radius 1 is 1.29 bits per heavy atom. The van der Waals surface area contributed by atoms with E-state index in [1.807, 2.05) is 6.92 Å². The zero-order valence-corrected chi connectivity index (χ0v) is 9.64. The first-order chi connectivity index (χ1) is 7.98. The van der Waals surface area contributed by atoms with E-state index in [0.717, 1.165) is 25.0 Å². The molecule has 1 N–H and O–H groups in total. The normalized spacial score (nSPS) is 28.6. The SMILES string of the molecule is CCC1CCC(O)(c2ccc(F)c(F)c2F)C1. The third-order valence-electron chi connectivity index (χ3n) is 3.71. The number of hydrogen-bond acceptors (Lipinski definition) is 1. The number of aliphatic hydroxyl groups is 1. The molecule has 2 atom stereocenters. The van der Waals surface area contributed by atoms with E-state index in [0.29, 0.717) is 18.8 Å². The van der Waals surface area contributed by atoms with Crippen molar-refractivity contribution in [2.75, 3.05) is 0 Å². The summed E-state index contributed by atoms with van der Waals surface area (Å²) in [6, 6.07) is 2.01. The van der Waals surface area contributed by atoms with Gasteiger partial charge in [0, 0.05) is 5.56 Å². The second kappa shape index (κ2) is 4.33. The summed E-state index contributed by atoms with van der Waals surface area (Å²) in [5.74, 6) is -3.67. The summed E-state index contributed by atoms with van der Waals surface area (Å²) in [4.78, 5) is 0. The predicted octanol–water partition coefficient (Wildman–Crippen LogP) is 3.50. The van der Waals surface area contributed by atoms with Gasteiger partial charge in [-0.2, -0.15) is 0 Å². The first kappa shape index (κ1) is 12.4. The molecule has 1 aromatic carbocycles. The lowest BCUT2D eigenvalue weighted by molar-refractivity contribution is 0.0353. The molecule has 1 aliphatic rings. The van der Waals surface area contributed by atoms with Crippen molar-refractivity contribution in [3.05, 3.63) is 35.1 Å². The lowest BCUT2D eigenvalue weighted by atomic mass is 9.90. The highest BCUT2D eigenvalue weighted by molar-refractivity contribution is 5.27. The molecule has 2 rings (SSSR count). The van der Waals surface area contributed by atoms with Crippen LogP contribution >= 0.6 is 0 Å². The Kier molecular flexibility index (Phi) is 3.17. The van der Waals surface area contributed by atoms with Gasteiger partial charge >= 0.3 is 0 Å². The van der Waals surface area contributed by atoms with Gasteiger partial charge in [-0.15, -0.1) is 0 Å². The lowest BCUT2D eigenvalue weighted by Crippen LogP contribution is -2.24. The predicted molar refractivity (Wildman–Crippen MR) is 57.8 cm³/mol. The second-order valence-electron chi connectivity index (χ2n) is 4.77. The molecule has 1 aliphatic carbocycles. The van der Waals surface area contributed by atoms with E-state index in [2.05, 4.69) is 0 Å². The molecule has 0 spiro atoms. The van der Waals surface area contributed by atoms with Gasteiger partial charge in [-0.05, 0) is 31.2 Å². The lowest BCUT2D eigenvalue weighted by Gasteiger charge is -2.24. The molecule has 0 aliphatic heterocycles. The fraction of sp³-hybridized carbons (Fsp3) is 0.538. The van der Waals surface area contributed by atoms with Crippen molar-refractivity contribution in [2.24, 2.45) is 5.92 Å². The van der Waals surface area contributed by atoms with E-state index >= 15 is 0 Å². The molecule has 0 radical (unpaired) electrons.